The lowest BCUT2D eigenvalue weighted by atomic mass is 9.78. The molecule has 2 rings (SSSR count). The van der Waals surface area contributed by atoms with Gasteiger partial charge in [0.2, 0.25) is 0 Å². The van der Waals surface area contributed by atoms with Gasteiger partial charge in [-0.05, 0) is 46.8 Å². The molecular formula is C22H33NO4. The first-order valence-corrected chi connectivity index (χ1v) is 9.70. The summed E-state index contributed by atoms with van der Waals surface area (Å²) >= 11 is 0. The van der Waals surface area contributed by atoms with Crippen LogP contribution in [0.3, 0.4) is 0 Å². The smallest absolute Gasteiger partial charge is 0.306 e. The van der Waals surface area contributed by atoms with Gasteiger partial charge in [0.05, 0.1) is 0 Å². The zero-order valence-electron chi connectivity index (χ0n) is 17.4. The van der Waals surface area contributed by atoms with E-state index in [1.165, 1.54) is 0 Å². The second kappa shape index (κ2) is 7.91. The fourth-order valence-corrected chi connectivity index (χ4v) is 2.94. The van der Waals surface area contributed by atoms with E-state index >= 15 is 0 Å². The van der Waals surface area contributed by atoms with Gasteiger partial charge in [0.15, 0.2) is 6.61 Å². The summed E-state index contributed by atoms with van der Waals surface area (Å²) in [7, 11) is 0. The molecule has 1 saturated carbocycles. The number of aryl methyl sites for hydroxylation is 1. The molecule has 5 nitrogen and oxygen atoms in total. The predicted molar refractivity (Wildman–Crippen MR) is 106 cm³/mol. The second-order valence-corrected chi connectivity index (χ2v) is 9.54. The summed E-state index contributed by atoms with van der Waals surface area (Å²) in [4.78, 5) is 23.6. The number of benzene rings is 1. The lowest BCUT2D eigenvalue weighted by molar-refractivity contribution is -0.148. The first kappa shape index (κ1) is 21.3. The monoisotopic (exact) mass is 375 g/mol. The molecule has 0 aliphatic heterocycles. The summed E-state index contributed by atoms with van der Waals surface area (Å²) in [6, 6.07) is 4.20. The number of carbonyl (C=O) groups excluding carboxylic acids is 2. The minimum absolute atomic E-state index is 0.203. The summed E-state index contributed by atoms with van der Waals surface area (Å²) < 4.78 is 5.07. The van der Waals surface area contributed by atoms with Crippen molar-refractivity contribution in [2.45, 2.75) is 84.1 Å². The average Bonchev–Trinajstić information content (AvgIpc) is 3.33. The largest absolute Gasteiger partial charge is 0.507 e. The van der Waals surface area contributed by atoms with Gasteiger partial charge in [-0.1, -0.05) is 53.7 Å². The van der Waals surface area contributed by atoms with Gasteiger partial charge in [0, 0.05) is 12.5 Å². The maximum absolute atomic E-state index is 12.0. The molecule has 1 aliphatic carbocycles. The topological polar surface area (TPSA) is 75.6 Å². The first-order valence-electron chi connectivity index (χ1n) is 9.70. The van der Waals surface area contributed by atoms with E-state index in [2.05, 4.69) is 46.9 Å². The summed E-state index contributed by atoms with van der Waals surface area (Å²) in [6.07, 6.45) is 2.73. The molecule has 1 aliphatic rings. The van der Waals surface area contributed by atoms with Gasteiger partial charge in [0.25, 0.3) is 5.91 Å². The first-order chi connectivity index (χ1) is 12.4. The van der Waals surface area contributed by atoms with Gasteiger partial charge < -0.3 is 15.2 Å². The SMILES string of the molecule is CC(C)(C)c1cc(CCC(=O)OCC(=O)NC2CC2)cc(C(C)(C)C)c1O. The number of phenols is 1. The molecule has 27 heavy (non-hydrogen) atoms. The fraction of sp³-hybridized carbons (Fsp3) is 0.636. The molecule has 150 valence electrons. The summed E-state index contributed by atoms with van der Waals surface area (Å²) in [5.41, 5.74) is 2.33. The van der Waals surface area contributed by atoms with Gasteiger partial charge in [-0.2, -0.15) is 0 Å². The van der Waals surface area contributed by atoms with Gasteiger partial charge in [-0.15, -0.1) is 0 Å². The van der Waals surface area contributed by atoms with E-state index in [1.54, 1.807) is 0 Å². The summed E-state index contributed by atoms with van der Waals surface area (Å²) in [5, 5.41) is 13.5. The Labute approximate surface area is 162 Å². The Balaban J connectivity index is 2.04. The van der Waals surface area contributed by atoms with Crippen LogP contribution >= 0.6 is 0 Å². The number of carbonyl (C=O) groups is 2. The van der Waals surface area contributed by atoms with Crippen LogP contribution in [-0.2, 0) is 31.6 Å². The van der Waals surface area contributed by atoms with Crippen LogP contribution in [0, 0.1) is 0 Å². The van der Waals surface area contributed by atoms with Crippen molar-refractivity contribution >= 4 is 11.9 Å². The highest BCUT2D eigenvalue weighted by molar-refractivity contribution is 5.81. The molecule has 1 fully saturated rings. The number of hydrogen-bond acceptors (Lipinski definition) is 4. The van der Waals surface area contributed by atoms with Crippen LogP contribution in [0.4, 0.5) is 0 Å². The minimum atomic E-state index is -0.386. The second-order valence-electron chi connectivity index (χ2n) is 9.54. The van der Waals surface area contributed by atoms with Crippen LogP contribution in [0.1, 0.15) is 77.5 Å². The van der Waals surface area contributed by atoms with Crippen LogP contribution in [0.5, 0.6) is 5.75 Å². The highest BCUT2D eigenvalue weighted by Crippen LogP contribution is 2.39. The van der Waals surface area contributed by atoms with Gasteiger partial charge >= 0.3 is 5.97 Å². The molecule has 0 aromatic heterocycles. The Hall–Kier alpha value is -2.04. The molecule has 0 atom stereocenters. The maximum atomic E-state index is 12.0. The van der Waals surface area contributed by atoms with Crippen LogP contribution in [-0.4, -0.2) is 29.6 Å². The quantitative estimate of drug-likeness (QED) is 0.743. The van der Waals surface area contributed by atoms with Crippen LogP contribution < -0.4 is 5.32 Å². The third-order valence-electron chi connectivity index (χ3n) is 4.71. The molecular weight excluding hydrogens is 342 g/mol. The Kier molecular flexibility index (Phi) is 6.23. The normalized spacial score (nSPS) is 14.7. The molecule has 0 radical (unpaired) electrons. The van der Waals surface area contributed by atoms with Crippen molar-refractivity contribution in [2.24, 2.45) is 0 Å². The molecule has 1 aromatic carbocycles. The summed E-state index contributed by atoms with van der Waals surface area (Å²) in [5.74, 6) is -0.290. The van der Waals surface area contributed by atoms with Crippen LogP contribution in [0.2, 0.25) is 0 Å². The highest BCUT2D eigenvalue weighted by atomic mass is 16.5. The van der Waals surface area contributed by atoms with E-state index in [0.717, 1.165) is 29.5 Å². The lowest BCUT2D eigenvalue weighted by Gasteiger charge is -2.28. The van der Waals surface area contributed by atoms with Crippen LogP contribution in [0.15, 0.2) is 12.1 Å². The van der Waals surface area contributed by atoms with Crippen molar-refractivity contribution < 1.29 is 19.4 Å². The van der Waals surface area contributed by atoms with Crippen LogP contribution in [0.25, 0.3) is 0 Å². The average molecular weight is 376 g/mol. The predicted octanol–water partition coefficient (Wildman–Crippen LogP) is 3.74. The fourth-order valence-electron chi connectivity index (χ4n) is 2.94. The number of rotatable bonds is 6. The Morgan fingerprint density at radius 1 is 1.07 bits per heavy atom. The number of esters is 1. The van der Waals surface area contributed by atoms with E-state index < -0.39 is 0 Å². The number of phenolic OH excluding ortho intramolecular Hbond substituents is 1. The maximum Gasteiger partial charge on any atom is 0.306 e. The van der Waals surface area contributed by atoms with E-state index in [4.69, 9.17) is 4.74 Å². The molecule has 0 unspecified atom stereocenters. The molecule has 5 heteroatoms. The van der Waals surface area contributed by atoms with Crippen molar-refractivity contribution in [2.75, 3.05) is 6.61 Å². The highest BCUT2D eigenvalue weighted by Gasteiger charge is 2.27. The standard InChI is InChI=1S/C22H33NO4/c1-21(2,3)16-11-14(12-17(20(16)26)22(4,5)6)7-10-19(25)27-13-18(24)23-15-8-9-15/h11-12,15,26H,7-10,13H2,1-6H3,(H,23,24). The Bertz CT molecular complexity index is 671. The lowest BCUT2D eigenvalue weighted by Crippen LogP contribution is -2.30. The number of nitrogens with one attached hydrogen (secondary N) is 1. The van der Waals surface area contributed by atoms with E-state index in [0.29, 0.717) is 12.2 Å². The molecule has 0 bridgehead atoms. The minimum Gasteiger partial charge on any atom is -0.507 e. The molecule has 0 saturated heterocycles. The molecule has 1 amide bonds. The third-order valence-corrected chi connectivity index (χ3v) is 4.71. The van der Waals surface area contributed by atoms with Crippen molar-refractivity contribution in [1.82, 2.24) is 5.32 Å². The Morgan fingerprint density at radius 2 is 1.59 bits per heavy atom. The van der Waals surface area contributed by atoms with Crippen molar-refractivity contribution in [3.05, 3.63) is 28.8 Å². The molecule has 0 heterocycles. The molecule has 2 N–H and O–H groups in total. The Morgan fingerprint density at radius 3 is 2.04 bits per heavy atom. The molecule has 0 spiro atoms. The zero-order valence-corrected chi connectivity index (χ0v) is 17.4. The van der Waals surface area contributed by atoms with E-state index in [-0.39, 0.29) is 41.8 Å². The van der Waals surface area contributed by atoms with E-state index in [9.17, 15) is 14.7 Å². The number of aromatic hydroxyl groups is 1. The van der Waals surface area contributed by atoms with Crippen molar-refractivity contribution in [1.29, 1.82) is 0 Å². The van der Waals surface area contributed by atoms with Gasteiger partial charge in [-0.3, -0.25) is 9.59 Å². The third kappa shape index (κ3) is 6.26. The van der Waals surface area contributed by atoms with Crippen molar-refractivity contribution in [3.8, 4) is 5.75 Å². The number of ether oxygens (including phenoxy) is 1. The number of amides is 1. The molecule has 1 aromatic rings. The van der Waals surface area contributed by atoms with E-state index in [1.807, 2.05) is 12.1 Å². The summed E-state index contributed by atoms with van der Waals surface area (Å²) in [6.45, 7) is 12.1. The zero-order chi connectivity index (χ0) is 20.4. The van der Waals surface area contributed by atoms with Gasteiger partial charge in [0.1, 0.15) is 5.75 Å². The van der Waals surface area contributed by atoms with Gasteiger partial charge in [-0.25, -0.2) is 0 Å². The van der Waals surface area contributed by atoms with Crippen molar-refractivity contribution in [3.63, 3.8) is 0 Å². The number of hydrogen-bond donors (Lipinski definition) is 2.